The second kappa shape index (κ2) is 5.94. The van der Waals surface area contributed by atoms with E-state index in [0.29, 0.717) is 6.04 Å². The molecule has 112 valence electrons. The van der Waals surface area contributed by atoms with Gasteiger partial charge in [0.25, 0.3) is 0 Å². The smallest absolute Gasteiger partial charge is 0.126 e. The van der Waals surface area contributed by atoms with Crippen LogP contribution in [-0.2, 0) is 0 Å². The van der Waals surface area contributed by atoms with Crippen molar-refractivity contribution >= 4 is 0 Å². The number of hydrogen-bond donors (Lipinski definition) is 1. The van der Waals surface area contributed by atoms with Crippen LogP contribution in [0.5, 0.6) is 5.75 Å². The van der Waals surface area contributed by atoms with E-state index in [9.17, 15) is 0 Å². The Bertz CT molecular complexity index is 617. The van der Waals surface area contributed by atoms with Gasteiger partial charge in [0, 0.05) is 11.6 Å². The molecule has 0 aliphatic carbocycles. The highest BCUT2D eigenvalue weighted by atomic mass is 16.5. The van der Waals surface area contributed by atoms with Crippen molar-refractivity contribution in [2.75, 3.05) is 6.61 Å². The summed E-state index contributed by atoms with van der Waals surface area (Å²) in [6, 6.07) is 11.0. The second-order valence-electron chi connectivity index (χ2n) is 5.87. The number of aryl methyl sites for hydroxylation is 2. The Kier molecular flexibility index (Phi) is 4.02. The van der Waals surface area contributed by atoms with Crippen molar-refractivity contribution < 1.29 is 9.15 Å². The highest BCUT2D eigenvalue weighted by molar-refractivity contribution is 5.43. The van der Waals surface area contributed by atoms with E-state index >= 15 is 0 Å². The van der Waals surface area contributed by atoms with Gasteiger partial charge in [0.2, 0.25) is 0 Å². The lowest BCUT2D eigenvalue weighted by Gasteiger charge is -2.22. The van der Waals surface area contributed by atoms with Crippen molar-refractivity contribution in [3.8, 4) is 5.75 Å². The monoisotopic (exact) mass is 285 g/mol. The minimum atomic E-state index is 0.190. The Hall–Kier alpha value is -1.74. The molecule has 1 N–H and O–H groups in total. The Balaban J connectivity index is 1.84. The predicted octanol–water partition coefficient (Wildman–Crippen LogP) is 4.46. The number of para-hydroxylation sites is 1. The first kappa shape index (κ1) is 14.2. The summed E-state index contributed by atoms with van der Waals surface area (Å²) in [5, 5.41) is 3.70. The minimum Gasteiger partial charge on any atom is -0.493 e. The second-order valence-corrected chi connectivity index (χ2v) is 5.87. The van der Waals surface area contributed by atoms with Crippen molar-refractivity contribution in [1.29, 1.82) is 0 Å². The van der Waals surface area contributed by atoms with Crippen molar-refractivity contribution in [2.24, 2.45) is 0 Å². The van der Waals surface area contributed by atoms with Crippen LogP contribution in [0.4, 0.5) is 0 Å². The van der Waals surface area contributed by atoms with Gasteiger partial charge in [0.1, 0.15) is 17.3 Å². The molecular weight excluding hydrogens is 262 g/mol. The lowest BCUT2D eigenvalue weighted by atomic mass is 9.99. The lowest BCUT2D eigenvalue weighted by Crippen LogP contribution is -2.24. The van der Waals surface area contributed by atoms with Gasteiger partial charge >= 0.3 is 0 Å². The minimum absolute atomic E-state index is 0.190. The van der Waals surface area contributed by atoms with Crippen molar-refractivity contribution in [3.63, 3.8) is 0 Å². The SMILES string of the molecule is Cc1ccc(C(C)NC2CCCOc3c(C)cccc32)o1. The molecule has 1 aliphatic rings. The van der Waals surface area contributed by atoms with Crippen LogP contribution in [0.2, 0.25) is 0 Å². The fourth-order valence-electron chi connectivity index (χ4n) is 3.01. The van der Waals surface area contributed by atoms with Crippen LogP contribution in [0.1, 0.15) is 54.5 Å². The normalized spacial score (nSPS) is 19.5. The molecule has 0 spiro atoms. The predicted molar refractivity (Wildman–Crippen MR) is 83.6 cm³/mol. The summed E-state index contributed by atoms with van der Waals surface area (Å²) in [6.45, 7) is 7.04. The first-order valence-electron chi connectivity index (χ1n) is 7.70. The fourth-order valence-corrected chi connectivity index (χ4v) is 3.01. The molecule has 0 fully saturated rings. The first-order valence-corrected chi connectivity index (χ1v) is 7.70. The van der Waals surface area contributed by atoms with Gasteiger partial charge in [-0.15, -0.1) is 0 Å². The first-order chi connectivity index (χ1) is 10.1. The quantitative estimate of drug-likeness (QED) is 0.904. The number of benzene rings is 1. The Morgan fingerprint density at radius 3 is 2.81 bits per heavy atom. The van der Waals surface area contributed by atoms with E-state index in [0.717, 1.165) is 36.7 Å². The van der Waals surface area contributed by atoms with Crippen molar-refractivity contribution in [2.45, 2.75) is 45.7 Å². The van der Waals surface area contributed by atoms with Crippen LogP contribution >= 0.6 is 0 Å². The summed E-state index contributed by atoms with van der Waals surface area (Å²) >= 11 is 0. The summed E-state index contributed by atoms with van der Waals surface area (Å²) in [5.74, 6) is 3.00. The molecule has 0 saturated carbocycles. The molecule has 1 aliphatic heterocycles. The highest BCUT2D eigenvalue weighted by Crippen LogP contribution is 2.35. The maximum absolute atomic E-state index is 5.94. The van der Waals surface area contributed by atoms with Gasteiger partial charge in [-0.3, -0.25) is 0 Å². The fraction of sp³-hybridized carbons (Fsp3) is 0.444. The van der Waals surface area contributed by atoms with Crippen LogP contribution in [0, 0.1) is 13.8 Å². The van der Waals surface area contributed by atoms with Gasteiger partial charge < -0.3 is 14.5 Å². The Morgan fingerprint density at radius 1 is 1.19 bits per heavy atom. The highest BCUT2D eigenvalue weighted by Gasteiger charge is 2.23. The van der Waals surface area contributed by atoms with E-state index in [-0.39, 0.29) is 6.04 Å². The van der Waals surface area contributed by atoms with Crippen LogP contribution < -0.4 is 10.1 Å². The summed E-state index contributed by atoms with van der Waals surface area (Å²) < 4.78 is 11.7. The van der Waals surface area contributed by atoms with E-state index in [4.69, 9.17) is 9.15 Å². The third kappa shape index (κ3) is 2.98. The largest absolute Gasteiger partial charge is 0.493 e. The summed E-state index contributed by atoms with van der Waals surface area (Å²) in [7, 11) is 0. The number of nitrogens with one attached hydrogen (secondary N) is 1. The third-order valence-corrected chi connectivity index (χ3v) is 4.14. The van der Waals surface area contributed by atoms with Crippen LogP contribution in [0.3, 0.4) is 0 Å². The van der Waals surface area contributed by atoms with E-state index in [1.165, 1.54) is 11.1 Å². The van der Waals surface area contributed by atoms with Gasteiger partial charge in [0.05, 0.1) is 12.6 Å². The molecule has 3 heteroatoms. The zero-order valence-electron chi connectivity index (χ0n) is 13.0. The topological polar surface area (TPSA) is 34.4 Å². The van der Waals surface area contributed by atoms with Gasteiger partial charge in [-0.2, -0.15) is 0 Å². The molecule has 0 bridgehead atoms. The van der Waals surface area contributed by atoms with E-state index < -0.39 is 0 Å². The van der Waals surface area contributed by atoms with Gasteiger partial charge in [-0.05, 0) is 51.3 Å². The third-order valence-electron chi connectivity index (χ3n) is 4.14. The molecule has 0 saturated heterocycles. The molecule has 2 aromatic rings. The van der Waals surface area contributed by atoms with Crippen molar-refractivity contribution in [1.82, 2.24) is 5.32 Å². The van der Waals surface area contributed by atoms with Gasteiger partial charge in [-0.25, -0.2) is 0 Å². The molecule has 2 atom stereocenters. The summed E-state index contributed by atoms with van der Waals surface area (Å²) in [4.78, 5) is 0. The van der Waals surface area contributed by atoms with Gasteiger partial charge in [-0.1, -0.05) is 18.2 Å². The van der Waals surface area contributed by atoms with Crippen molar-refractivity contribution in [3.05, 3.63) is 53.0 Å². The standard InChI is InChI=1S/C18H23NO2/c1-12-6-4-7-15-16(8-5-11-20-18(12)15)19-14(3)17-10-9-13(2)21-17/h4,6-7,9-10,14,16,19H,5,8,11H2,1-3H3. The van der Waals surface area contributed by atoms with E-state index in [1.807, 2.05) is 13.0 Å². The number of hydrogen-bond acceptors (Lipinski definition) is 3. The van der Waals surface area contributed by atoms with E-state index in [1.54, 1.807) is 0 Å². The number of rotatable bonds is 3. The molecule has 21 heavy (non-hydrogen) atoms. The average molecular weight is 285 g/mol. The van der Waals surface area contributed by atoms with Crippen LogP contribution in [-0.4, -0.2) is 6.61 Å². The Morgan fingerprint density at radius 2 is 2.05 bits per heavy atom. The molecular formula is C18H23NO2. The zero-order chi connectivity index (χ0) is 14.8. The molecule has 2 unspecified atom stereocenters. The summed E-state index contributed by atoms with van der Waals surface area (Å²) in [5.41, 5.74) is 2.48. The number of ether oxygens (including phenoxy) is 1. The molecule has 3 rings (SSSR count). The van der Waals surface area contributed by atoms with E-state index in [2.05, 4.69) is 43.4 Å². The molecule has 2 heterocycles. The number of fused-ring (bicyclic) bond motifs is 1. The number of furan rings is 1. The van der Waals surface area contributed by atoms with Crippen LogP contribution in [0.25, 0.3) is 0 Å². The molecule has 1 aromatic heterocycles. The maximum atomic E-state index is 5.94. The zero-order valence-corrected chi connectivity index (χ0v) is 13.0. The lowest BCUT2D eigenvalue weighted by molar-refractivity contribution is 0.311. The maximum Gasteiger partial charge on any atom is 0.126 e. The molecule has 0 amide bonds. The average Bonchev–Trinajstić information content (AvgIpc) is 2.79. The molecule has 1 aromatic carbocycles. The molecule has 0 radical (unpaired) electrons. The molecule has 3 nitrogen and oxygen atoms in total. The summed E-state index contributed by atoms with van der Waals surface area (Å²) in [6.07, 6.45) is 2.15. The van der Waals surface area contributed by atoms with Gasteiger partial charge in [0.15, 0.2) is 0 Å². The van der Waals surface area contributed by atoms with Crippen LogP contribution in [0.15, 0.2) is 34.7 Å². The Labute approximate surface area is 126 Å².